The fraction of sp³-hybridized carbons (Fsp3) is 0.0526. The highest BCUT2D eigenvalue weighted by atomic mass is 35.5. The average molecular weight is 437 g/mol. The van der Waals surface area contributed by atoms with E-state index in [4.69, 9.17) is 21.5 Å². The molecule has 0 bridgehead atoms. The molecule has 0 aliphatic carbocycles. The third kappa shape index (κ3) is 4.66. The van der Waals surface area contributed by atoms with Gasteiger partial charge in [-0.2, -0.15) is 13.2 Å². The van der Waals surface area contributed by atoms with Crippen LogP contribution in [-0.2, 0) is 4.79 Å². The van der Waals surface area contributed by atoms with Crippen molar-refractivity contribution in [3.05, 3.63) is 65.7 Å². The van der Waals surface area contributed by atoms with Gasteiger partial charge in [-0.25, -0.2) is 4.79 Å². The summed E-state index contributed by atoms with van der Waals surface area (Å²) in [4.78, 5) is 32.6. The van der Waals surface area contributed by atoms with Crippen molar-refractivity contribution in [2.45, 2.75) is 6.18 Å². The van der Waals surface area contributed by atoms with Gasteiger partial charge in [0.05, 0.1) is 22.9 Å². The molecule has 3 aromatic heterocycles. The highest BCUT2D eigenvalue weighted by molar-refractivity contribution is 6.33. The van der Waals surface area contributed by atoms with Crippen LogP contribution in [0.2, 0.25) is 5.02 Å². The zero-order valence-electron chi connectivity index (χ0n) is 14.9. The average Bonchev–Trinajstić information content (AvgIpc) is 3.07. The van der Waals surface area contributed by atoms with E-state index in [9.17, 15) is 18.0 Å². The van der Waals surface area contributed by atoms with E-state index < -0.39 is 12.1 Å². The summed E-state index contributed by atoms with van der Waals surface area (Å²) in [5.74, 6) is -2.97. The minimum Gasteiger partial charge on any atom is -0.475 e. The number of H-pyrrole nitrogens is 1. The standard InChI is InChI=1S/C17H11ClN4O.C2HF3O2/c18-11-7-13-12-3-6-20-9-15(12)21-16(13)14(8-11)22-17(23)10-1-4-19-5-2-10;3-2(4,5)1(6)7/h1-9,21H,(H,22,23);(H,6,7). The van der Waals surface area contributed by atoms with Crippen LogP contribution in [0.1, 0.15) is 10.4 Å². The summed E-state index contributed by atoms with van der Waals surface area (Å²) in [6.07, 6.45) is 1.55. The van der Waals surface area contributed by atoms with Crippen molar-refractivity contribution in [2.75, 3.05) is 5.32 Å². The molecule has 0 fully saturated rings. The number of aromatic nitrogens is 3. The van der Waals surface area contributed by atoms with Crippen LogP contribution in [0.3, 0.4) is 0 Å². The maximum absolute atomic E-state index is 12.4. The minimum absolute atomic E-state index is 0.215. The van der Waals surface area contributed by atoms with Crippen LogP contribution < -0.4 is 5.32 Å². The molecule has 1 amide bonds. The number of anilines is 1. The van der Waals surface area contributed by atoms with Gasteiger partial charge in [0.25, 0.3) is 5.91 Å². The number of rotatable bonds is 2. The molecule has 154 valence electrons. The van der Waals surface area contributed by atoms with Crippen LogP contribution >= 0.6 is 11.6 Å². The number of aliphatic carboxylic acids is 1. The minimum atomic E-state index is -5.08. The van der Waals surface area contributed by atoms with E-state index in [1.54, 1.807) is 43.0 Å². The van der Waals surface area contributed by atoms with Gasteiger partial charge in [-0.05, 0) is 30.3 Å². The second-order valence-corrected chi connectivity index (χ2v) is 6.35. The number of hydrogen-bond donors (Lipinski definition) is 3. The number of nitrogens with one attached hydrogen (secondary N) is 2. The summed E-state index contributed by atoms with van der Waals surface area (Å²) in [6.45, 7) is 0. The van der Waals surface area contributed by atoms with Crippen LogP contribution in [0.25, 0.3) is 21.8 Å². The lowest BCUT2D eigenvalue weighted by atomic mass is 10.1. The number of fused-ring (bicyclic) bond motifs is 3. The molecule has 0 unspecified atom stereocenters. The van der Waals surface area contributed by atoms with Crippen molar-refractivity contribution in [3.8, 4) is 0 Å². The van der Waals surface area contributed by atoms with E-state index in [-0.39, 0.29) is 5.91 Å². The molecule has 4 rings (SSSR count). The van der Waals surface area contributed by atoms with Crippen molar-refractivity contribution in [1.29, 1.82) is 0 Å². The van der Waals surface area contributed by atoms with E-state index in [0.717, 1.165) is 21.8 Å². The molecular formula is C19H12ClF3N4O3. The first-order valence-electron chi connectivity index (χ1n) is 8.23. The van der Waals surface area contributed by atoms with E-state index in [2.05, 4.69) is 20.3 Å². The van der Waals surface area contributed by atoms with Crippen molar-refractivity contribution >= 4 is 51.0 Å². The number of carbonyl (C=O) groups excluding carboxylic acids is 1. The first kappa shape index (κ1) is 21.1. The van der Waals surface area contributed by atoms with Gasteiger partial charge < -0.3 is 15.4 Å². The van der Waals surface area contributed by atoms with Gasteiger partial charge in [-0.1, -0.05) is 11.6 Å². The Hall–Kier alpha value is -3.66. The van der Waals surface area contributed by atoms with Gasteiger partial charge in [-0.3, -0.25) is 14.8 Å². The molecule has 0 saturated carbocycles. The summed E-state index contributed by atoms with van der Waals surface area (Å²) < 4.78 is 31.7. The Bertz CT molecular complexity index is 1230. The molecule has 1 aromatic carbocycles. The van der Waals surface area contributed by atoms with Gasteiger partial charge in [0.15, 0.2) is 0 Å². The fourth-order valence-electron chi connectivity index (χ4n) is 2.61. The number of alkyl halides is 3. The van der Waals surface area contributed by atoms with Crippen LogP contribution in [0.4, 0.5) is 18.9 Å². The third-order valence-corrected chi connectivity index (χ3v) is 4.13. The Morgan fingerprint density at radius 2 is 1.67 bits per heavy atom. The summed E-state index contributed by atoms with van der Waals surface area (Å²) in [5.41, 5.74) is 2.88. The Balaban J connectivity index is 0.000000318. The van der Waals surface area contributed by atoms with Gasteiger partial charge in [0.2, 0.25) is 0 Å². The van der Waals surface area contributed by atoms with E-state index in [0.29, 0.717) is 16.3 Å². The molecule has 0 aliphatic heterocycles. The zero-order chi connectivity index (χ0) is 21.9. The Morgan fingerprint density at radius 1 is 1.03 bits per heavy atom. The highest BCUT2D eigenvalue weighted by Gasteiger charge is 2.38. The molecule has 4 aromatic rings. The molecule has 0 aliphatic rings. The van der Waals surface area contributed by atoms with Crippen LogP contribution in [0.5, 0.6) is 0 Å². The lowest BCUT2D eigenvalue weighted by Gasteiger charge is -2.07. The van der Waals surface area contributed by atoms with Crippen molar-refractivity contribution in [1.82, 2.24) is 15.0 Å². The molecule has 0 saturated heterocycles. The van der Waals surface area contributed by atoms with Crippen LogP contribution in [-0.4, -0.2) is 38.1 Å². The highest BCUT2D eigenvalue weighted by Crippen LogP contribution is 2.33. The fourth-order valence-corrected chi connectivity index (χ4v) is 2.83. The number of amides is 1. The predicted octanol–water partition coefficient (Wildman–Crippen LogP) is 4.65. The number of benzene rings is 1. The normalized spacial score (nSPS) is 11.1. The molecule has 0 spiro atoms. The molecule has 30 heavy (non-hydrogen) atoms. The number of carboxylic acid groups (broad SMARTS) is 1. The van der Waals surface area contributed by atoms with E-state index in [1.807, 2.05) is 12.1 Å². The topological polar surface area (TPSA) is 108 Å². The lowest BCUT2D eigenvalue weighted by Crippen LogP contribution is -2.21. The summed E-state index contributed by atoms with van der Waals surface area (Å²) in [6, 6.07) is 8.83. The van der Waals surface area contributed by atoms with Gasteiger partial charge in [0.1, 0.15) is 0 Å². The number of halogens is 4. The molecule has 0 radical (unpaired) electrons. The van der Waals surface area contributed by atoms with Gasteiger partial charge in [0, 0.05) is 39.9 Å². The summed E-state index contributed by atoms with van der Waals surface area (Å²) >= 11 is 6.22. The maximum atomic E-state index is 12.4. The first-order chi connectivity index (χ1) is 14.2. The zero-order valence-corrected chi connectivity index (χ0v) is 15.6. The molecule has 0 atom stereocenters. The van der Waals surface area contributed by atoms with Gasteiger partial charge >= 0.3 is 12.1 Å². The number of carboxylic acids is 1. The number of pyridine rings is 2. The first-order valence-corrected chi connectivity index (χ1v) is 8.61. The second-order valence-electron chi connectivity index (χ2n) is 5.92. The summed E-state index contributed by atoms with van der Waals surface area (Å²) in [7, 11) is 0. The molecular weight excluding hydrogens is 425 g/mol. The predicted molar refractivity (Wildman–Crippen MR) is 104 cm³/mol. The summed E-state index contributed by atoms with van der Waals surface area (Å²) in [5, 5.41) is 12.5. The quantitative estimate of drug-likeness (QED) is 0.424. The maximum Gasteiger partial charge on any atom is 0.490 e. The number of nitrogens with zero attached hydrogens (tertiary/aromatic N) is 2. The number of hydrogen-bond acceptors (Lipinski definition) is 4. The van der Waals surface area contributed by atoms with Crippen LogP contribution in [0.15, 0.2) is 55.1 Å². The van der Waals surface area contributed by atoms with Crippen LogP contribution in [0, 0.1) is 0 Å². The third-order valence-electron chi connectivity index (χ3n) is 3.91. The largest absolute Gasteiger partial charge is 0.490 e. The SMILES string of the molecule is O=C(Nc1cc(Cl)cc2c1[nH]c1cnccc12)c1ccncc1.O=C(O)C(F)(F)F. The molecule has 3 heterocycles. The molecule has 3 N–H and O–H groups in total. The smallest absolute Gasteiger partial charge is 0.475 e. The number of carbonyl (C=O) groups is 2. The Labute approximate surface area is 171 Å². The van der Waals surface area contributed by atoms with Crippen molar-refractivity contribution in [3.63, 3.8) is 0 Å². The molecule has 11 heteroatoms. The van der Waals surface area contributed by atoms with E-state index in [1.165, 1.54) is 0 Å². The Kier molecular flexibility index (Phi) is 5.88. The monoisotopic (exact) mass is 436 g/mol. The van der Waals surface area contributed by atoms with Crippen molar-refractivity contribution < 1.29 is 27.9 Å². The van der Waals surface area contributed by atoms with E-state index >= 15 is 0 Å². The lowest BCUT2D eigenvalue weighted by molar-refractivity contribution is -0.192. The number of aromatic amines is 1. The van der Waals surface area contributed by atoms with Gasteiger partial charge in [-0.15, -0.1) is 0 Å². The van der Waals surface area contributed by atoms with Crippen molar-refractivity contribution in [2.24, 2.45) is 0 Å². The second kappa shape index (κ2) is 8.37. The molecule has 7 nitrogen and oxygen atoms in total. The Morgan fingerprint density at radius 3 is 2.30 bits per heavy atom.